The molecule has 2 aliphatic heterocycles. The second kappa shape index (κ2) is 7.37. The van der Waals surface area contributed by atoms with Gasteiger partial charge in [-0.2, -0.15) is 0 Å². The van der Waals surface area contributed by atoms with Crippen LogP contribution < -0.4 is 5.32 Å². The van der Waals surface area contributed by atoms with Crippen molar-refractivity contribution in [1.82, 2.24) is 20.0 Å². The number of rotatable bonds is 3. The van der Waals surface area contributed by atoms with Gasteiger partial charge in [0.05, 0.1) is 0 Å². The first-order valence-corrected chi connectivity index (χ1v) is 10.3. The van der Waals surface area contributed by atoms with Gasteiger partial charge in [-0.3, -0.25) is 19.3 Å². The number of piperazine rings is 1. The van der Waals surface area contributed by atoms with E-state index in [1.165, 1.54) is 0 Å². The molecule has 8 heteroatoms. The molecule has 156 valence electrons. The monoisotopic (exact) mass is 392 g/mol. The molecule has 2 heterocycles. The summed E-state index contributed by atoms with van der Waals surface area (Å²) in [5, 5.41) is 2.91. The van der Waals surface area contributed by atoms with Gasteiger partial charge < -0.3 is 15.1 Å². The third-order valence-electron chi connectivity index (χ3n) is 6.21. The van der Waals surface area contributed by atoms with Crippen LogP contribution in [0.2, 0.25) is 0 Å². The summed E-state index contributed by atoms with van der Waals surface area (Å²) in [6, 6.07) is -0.469. The second-order valence-corrected chi connectivity index (χ2v) is 9.37. The summed E-state index contributed by atoms with van der Waals surface area (Å²) in [4.78, 5) is 54.6. The van der Waals surface area contributed by atoms with E-state index in [1.54, 1.807) is 9.80 Å². The van der Waals surface area contributed by atoms with Gasteiger partial charge in [0, 0.05) is 32.6 Å². The molecule has 0 radical (unpaired) electrons. The lowest BCUT2D eigenvalue weighted by Crippen LogP contribution is -2.55. The number of nitrogens with one attached hydrogen (secondary N) is 1. The zero-order valence-electron chi connectivity index (χ0n) is 17.4. The lowest BCUT2D eigenvalue weighted by molar-refractivity contribution is -0.143. The lowest BCUT2D eigenvalue weighted by atomic mass is 9.64. The molecule has 3 rings (SSSR count). The molecule has 0 aromatic heterocycles. The summed E-state index contributed by atoms with van der Waals surface area (Å²) in [6.07, 6.45) is 2.67. The van der Waals surface area contributed by atoms with Crippen LogP contribution in [-0.4, -0.2) is 76.7 Å². The molecule has 5 amide bonds. The minimum atomic E-state index is -0.884. The van der Waals surface area contributed by atoms with Gasteiger partial charge in [-0.15, -0.1) is 0 Å². The van der Waals surface area contributed by atoms with Crippen molar-refractivity contribution < 1.29 is 19.2 Å². The SMILES string of the molecule is CCC(=O)N1CCN(C(=O)CN2C(=O)NC3(CC(C)CC(C)(C)C3)C2=O)CC1. The van der Waals surface area contributed by atoms with Gasteiger partial charge in [0.25, 0.3) is 5.91 Å². The first-order valence-electron chi connectivity index (χ1n) is 10.3. The number of carbonyl (C=O) groups is 4. The molecule has 1 saturated carbocycles. The van der Waals surface area contributed by atoms with Crippen molar-refractivity contribution in [2.45, 2.75) is 58.9 Å². The maximum Gasteiger partial charge on any atom is 0.325 e. The molecule has 0 aromatic rings. The number of carbonyl (C=O) groups excluding carboxylic acids is 4. The highest BCUT2D eigenvalue weighted by Crippen LogP contribution is 2.46. The summed E-state index contributed by atoms with van der Waals surface area (Å²) < 4.78 is 0. The summed E-state index contributed by atoms with van der Waals surface area (Å²) in [5.74, 6) is -0.109. The summed E-state index contributed by atoms with van der Waals surface area (Å²) >= 11 is 0. The van der Waals surface area contributed by atoms with Crippen molar-refractivity contribution in [3.8, 4) is 0 Å². The van der Waals surface area contributed by atoms with Crippen molar-refractivity contribution in [3.05, 3.63) is 0 Å². The first kappa shape index (κ1) is 20.6. The molecule has 2 atom stereocenters. The molecular weight excluding hydrogens is 360 g/mol. The molecule has 2 unspecified atom stereocenters. The standard InChI is InChI=1S/C20H32N4O4/c1-5-15(25)22-6-8-23(9-7-22)16(26)12-24-17(27)20(21-18(24)28)11-14(2)10-19(3,4)13-20/h14H,5-13H2,1-4H3,(H,21,28). The van der Waals surface area contributed by atoms with E-state index < -0.39 is 11.6 Å². The van der Waals surface area contributed by atoms with Crippen LogP contribution in [0.5, 0.6) is 0 Å². The molecule has 1 spiro atoms. The molecule has 1 N–H and O–H groups in total. The predicted molar refractivity (Wildman–Crippen MR) is 103 cm³/mol. The van der Waals surface area contributed by atoms with Crippen LogP contribution in [0.15, 0.2) is 0 Å². The average molecular weight is 393 g/mol. The Morgan fingerprint density at radius 3 is 2.14 bits per heavy atom. The second-order valence-electron chi connectivity index (χ2n) is 9.37. The minimum Gasteiger partial charge on any atom is -0.339 e. The van der Waals surface area contributed by atoms with Crippen molar-refractivity contribution in [2.75, 3.05) is 32.7 Å². The van der Waals surface area contributed by atoms with Crippen molar-refractivity contribution in [2.24, 2.45) is 11.3 Å². The largest absolute Gasteiger partial charge is 0.339 e. The highest BCUT2D eigenvalue weighted by molar-refractivity contribution is 6.09. The zero-order valence-corrected chi connectivity index (χ0v) is 17.4. The number of hydrogen-bond donors (Lipinski definition) is 1. The van der Waals surface area contributed by atoms with Crippen LogP contribution in [0.25, 0.3) is 0 Å². The Morgan fingerprint density at radius 1 is 1.04 bits per heavy atom. The Morgan fingerprint density at radius 2 is 1.61 bits per heavy atom. The maximum atomic E-state index is 13.1. The molecule has 8 nitrogen and oxygen atoms in total. The van der Waals surface area contributed by atoms with E-state index in [1.807, 2.05) is 6.92 Å². The number of amides is 5. The summed E-state index contributed by atoms with van der Waals surface area (Å²) in [5.41, 5.74) is -0.923. The van der Waals surface area contributed by atoms with E-state index >= 15 is 0 Å². The highest BCUT2D eigenvalue weighted by atomic mass is 16.2. The zero-order chi connectivity index (χ0) is 20.7. The normalized spacial score (nSPS) is 30.0. The minimum absolute atomic E-state index is 0.0389. The van der Waals surface area contributed by atoms with Gasteiger partial charge in [-0.05, 0) is 30.6 Å². The molecule has 0 aromatic carbocycles. The van der Waals surface area contributed by atoms with E-state index in [9.17, 15) is 19.2 Å². The number of nitrogens with zero attached hydrogens (tertiary/aromatic N) is 3. The molecule has 0 bridgehead atoms. The van der Waals surface area contributed by atoms with Gasteiger partial charge in [-0.25, -0.2) is 4.79 Å². The quantitative estimate of drug-likeness (QED) is 0.731. The van der Waals surface area contributed by atoms with Gasteiger partial charge in [0.15, 0.2) is 0 Å². The van der Waals surface area contributed by atoms with Crippen LogP contribution in [0, 0.1) is 11.3 Å². The van der Waals surface area contributed by atoms with E-state index in [0.717, 1.165) is 11.3 Å². The third kappa shape index (κ3) is 3.86. The smallest absolute Gasteiger partial charge is 0.325 e. The Bertz CT molecular complexity index is 684. The number of hydrogen-bond acceptors (Lipinski definition) is 4. The topological polar surface area (TPSA) is 90.0 Å². The molecular formula is C20H32N4O4. The van der Waals surface area contributed by atoms with Crippen LogP contribution in [0.1, 0.15) is 53.4 Å². The molecule has 3 fully saturated rings. The van der Waals surface area contributed by atoms with Gasteiger partial charge in [-0.1, -0.05) is 27.7 Å². The van der Waals surface area contributed by atoms with Crippen molar-refractivity contribution >= 4 is 23.8 Å². The molecule has 1 aliphatic carbocycles. The van der Waals surface area contributed by atoms with Crippen LogP contribution in [0.4, 0.5) is 4.79 Å². The van der Waals surface area contributed by atoms with Gasteiger partial charge in [0.1, 0.15) is 12.1 Å². The van der Waals surface area contributed by atoms with Crippen molar-refractivity contribution in [3.63, 3.8) is 0 Å². The van der Waals surface area contributed by atoms with E-state index in [2.05, 4.69) is 26.1 Å². The predicted octanol–water partition coefficient (Wildman–Crippen LogP) is 1.20. The Kier molecular flexibility index (Phi) is 5.42. The fourth-order valence-electron chi connectivity index (χ4n) is 5.31. The lowest BCUT2D eigenvalue weighted by Gasteiger charge is -2.43. The maximum absolute atomic E-state index is 13.1. The van der Waals surface area contributed by atoms with E-state index in [4.69, 9.17) is 0 Å². The van der Waals surface area contributed by atoms with Gasteiger partial charge >= 0.3 is 6.03 Å². The average Bonchev–Trinajstić information content (AvgIpc) is 2.82. The summed E-state index contributed by atoms with van der Waals surface area (Å²) in [7, 11) is 0. The Labute approximate surface area is 166 Å². The molecule has 28 heavy (non-hydrogen) atoms. The number of imide groups is 1. The number of urea groups is 1. The first-order chi connectivity index (χ1) is 13.1. The van der Waals surface area contributed by atoms with Crippen LogP contribution in [0.3, 0.4) is 0 Å². The van der Waals surface area contributed by atoms with E-state index in [0.29, 0.717) is 51.4 Å². The van der Waals surface area contributed by atoms with Gasteiger partial charge in [0.2, 0.25) is 11.8 Å². The molecule has 3 aliphatic rings. The highest BCUT2D eigenvalue weighted by Gasteiger charge is 2.56. The summed E-state index contributed by atoms with van der Waals surface area (Å²) in [6.45, 7) is 9.79. The van der Waals surface area contributed by atoms with Crippen molar-refractivity contribution in [1.29, 1.82) is 0 Å². The fourth-order valence-corrected chi connectivity index (χ4v) is 5.31. The Hall–Kier alpha value is -2.12. The molecule has 2 saturated heterocycles. The van der Waals surface area contributed by atoms with Crippen LogP contribution >= 0.6 is 0 Å². The van der Waals surface area contributed by atoms with E-state index in [-0.39, 0.29) is 29.7 Å². The fraction of sp³-hybridized carbons (Fsp3) is 0.800. The third-order valence-corrected chi connectivity index (χ3v) is 6.21. The Balaban J connectivity index is 1.63. The van der Waals surface area contributed by atoms with Crippen LogP contribution in [-0.2, 0) is 14.4 Å².